The van der Waals surface area contributed by atoms with Crippen molar-refractivity contribution >= 4 is 11.6 Å². The molecule has 0 bridgehead atoms. The highest BCUT2D eigenvalue weighted by Crippen LogP contribution is 2.18. The molecule has 0 saturated heterocycles. The van der Waals surface area contributed by atoms with E-state index in [9.17, 15) is 0 Å². The quantitative estimate of drug-likeness (QED) is 0.627. The molecule has 0 aliphatic heterocycles. The predicted molar refractivity (Wildman–Crippen MR) is 40.1 cm³/mol. The normalized spacial score (nSPS) is 12.0. The van der Waals surface area contributed by atoms with Crippen LogP contribution in [0.4, 0.5) is 0 Å². The minimum Gasteiger partial charge on any atom is -0.261 e. The summed E-state index contributed by atoms with van der Waals surface area (Å²) in [6, 6.07) is 0. The van der Waals surface area contributed by atoms with Gasteiger partial charge in [0.1, 0.15) is 5.82 Å². The van der Waals surface area contributed by atoms with Gasteiger partial charge in [0.25, 0.3) is 0 Å². The van der Waals surface area contributed by atoms with Crippen LogP contribution >= 0.6 is 11.6 Å². The number of H-pyrrole nitrogens is 1. The lowest BCUT2D eigenvalue weighted by Crippen LogP contribution is -2.13. The van der Waals surface area contributed by atoms with Crippen molar-refractivity contribution in [2.45, 2.75) is 26.2 Å². The molecule has 0 radical (unpaired) electrons. The summed E-state index contributed by atoms with van der Waals surface area (Å²) in [4.78, 5) is 3.98. The smallest absolute Gasteiger partial charge is 0.242 e. The molecule has 1 rings (SSSR count). The highest BCUT2D eigenvalue weighted by molar-refractivity contribution is 6.28. The Morgan fingerprint density at radius 3 is 2.20 bits per heavy atom. The van der Waals surface area contributed by atoms with Gasteiger partial charge in [0.15, 0.2) is 0 Å². The molecule has 3 nitrogen and oxygen atoms in total. The van der Waals surface area contributed by atoms with Gasteiger partial charge in [-0.2, -0.15) is 0 Å². The maximum Gasteiger partial charge on any atom is 0.242 e. The average molecular weight is 160 g/mol. The number of hydrogen-bond acceptors (Lipinski definition) is 2. The maximum atomic E-state index is 5.51. The van der Waals surface area contributed by atoms with Crippen LogP contribution in [0.25, 0.3) is 0 Å². The Morgan fingerprint density at radius 1 is 1.40 bits per heavy atom. The van der Waals surface area contributed by atoms with Gasteiger partial charge < -0.3 is 0 Å². The zero-order valence-corrected chi connectivity index (χ0v) is 7.03. The predicted octanol–water partition coefficient (Wildman–Crippen LogP) is 1.76. The lowest BCUT2D eigenvalue weighted by molar-refractivity contribution is 0.548. The molecule has 1 N–H and O–H groups in total. The molecule has 0 amide bonds. The topological polar surface area (TPSA) is 41.6 Å². The van der Waals surface area contributed by atoms with Crippen molar-refractivity contribution in [3.8, 4) is 0 Å². The number of nitrogens with one attached hydrogen (secondary N) is 1. The first kappa shape index (κ1) is 7.54. The Hall–Kier alpha value is -0.570. The first-order valence-corrected chi connectivity index (χ1v) is 3.46. The van der Waals surface area contributed by atoms with Crippen LogP contribution in [-0.4, -0.2) is 15.2 Å². The molecule has 0 fully saturated rings. The van der Waals surface area contributed by atoms with Gasteiger partial charge in [0, 0.05) is 5.41 Å². The summed E-state index contributed by atoms with van der Waals surface area (Å²) in [5.41, 5.74) is 0.000139. The van der Waals surface area contributed by atoms with E-state index in [1.54, 1.807) is 0 Å². The molecule has 0 aliphatic carbocycles. The van der Waals surface area contributed by atoms with E-state index in [-0.39, 0.29) is 10.7 Å². The molecule has 0 atom stereocenters. The number of nitrogens with zero attached hydrogens (tertiary/aromatic N) is 2. The molecule has 0 spiro atoms. The van der Waals surface area contributed by atoms with Crippen LogP contribution in [0.2, 0.25) is 5.28 Å². The van der Waals surface area contributed by atoms with E-state index in [0.717, 1.165) is 5.82 Å². The summed E-state index contributed by atoms with van der Waals surface area (Å²) in [6.07, 6.45) is 0. The lowest BCUT2D eigenvalue weighted by atomic mass is 9.96. The van der Waals surface area contributed by atoms with Gasteiger partial charge in [0.2, 0.25) is 5.28 Å². The van der Waals surface area contributed by atoms with Crippen LogP contribution < -0.4 is 0 Å². The molecule has 1 aromatic rings. The van der Waals surface area contributed by atoms with E-state index >= 15 is 0 Å². The number of halogens is 1. The molecule has 4 heteroatoms. The van der Waals surface area contributed by atoms with Gasteiger partial charge in [-0.05, 0) is 11.6 Å². The first-order chi connectivity index (χ1) is 4.50. The van der Waals surface area contributed by atoms with Crippen molar-refractivity contribution in [1.82, 2.24) is 15.2 Å². The maximum absolute atomic E-state index is 5.51. The zero-order chi connectivity index (χ0) is 7.78. The molecule has 56 valence electrons. The van der Waals surface area contributed by atoms with Gasteiger partial charge in [0.05, 0.1) is 0 Å². The van der Waals surface area contributed by atoms with Crippen LogP contribution in [0.3, 0.4) is 0 Å². The van der Waals surface area contributed by atoms with Crippen LogP contribution in [0.1, 0.15) is 26.6 Å². The highest BCUT2D eigenvalue weighted by atomic mass is 35.5. The average Bonchev–Trinajstić information content (AvgIpc) is 2.11. The van der Waals surface area contributed by atoms with Crippen molar-refractivity contribution < 1.29 is 0 Å². The van der Waals surface area contributed by atoms with Crippen molar-refractivity contribution in [1.29, 1.82) is 0 Å². The summed E-state index contributed by atoms with van der Waals surface area (Å²) in [7, 11) is 0. The summed E-state index contributed by atoms with van der Waals surface area (Å²) >= 11 is 5.51. The van der Waals surface area contributed by atoms with Crippen molar-refractivity contribution in [3.05, 3.63) is 11.1 Å². The van der Waals surface area contributed by atoms with Gasteiger partial charge >= 0.3 is 0 Å². The minimum atomic E-state index is 0.000139. The van der Waals surface area contributed by atoms with Crippen molar-refractivity contribution in [2.75, 3.05) is 0 Å². The Kier molecular flexibility index (Phi) is 1.68. The van der Waals surface area contributed by atoms with Crippen LogP contribution in [0.15, 0.2) is 0 Å². The summed E-state index contributed by atoms with van der Waals surface area (Å²) in [5.74, 6) is 0.817. The van der Waals surface area contributed by atoms with E-state index in [4.69, 9.17) is 11.6 Å². The zero-order valence-electron chi connectivity index (χ0n) is 6.27. The van der Waals surface area contributed by atoms with Crippen molar-refractivity contribution in [2.24, 2.45) is 0 Å². The second-order valence-corrected chi connectivity index (χ2v) is 3.54. The minimum absolute atomic E-state index is 0.000139. The standard InChI is InChI=1S/C6H10ClN3/c1-6(2,3)4-8-5(7)10-9-4/h1-3H3,(H,8,9,10). The molecule has 0 saturated carbocycles. The van der Waals surface area contributed by atoms with Crippen LogP contribution in [0, 0.1) is 0 Å². The lowest BCUT2D eigenvalue weighted by Gasteiger charge is -2.12. The first-order valence-electron chi connectivity index (χ1n) is 3.08. The summed E-state index contributed by atoms with van der Waals surface area (Å²) in [6.45, 7) is 6.14. The van der Waals surface area contributed by atoms with E-state index in [1.807, 2.05) is 20.8 Å². The van der Waals surface area contributed by atoms with Gasteiger partial charge in [-0.1, -0.05) is 20.8 Å². The fourth-order valence-corrected chi connectivity index (χ4v) is 0.704. The molecule has 10 heavy (non-hydrogen) atoms. The molecule has 1 heterocycles. The van der Waals surface area contributed by atoms with E-state index in [0.29, 0.717) is 0 Å². The van der Waals surface area contributed by atoms with E-state index < -0.39 is 0 Å². The summed E-state index contributed by atoms with van der Waals surface area (Å²) < 4.78 is 0. The number of aromatic amines is 1. The Bertz CT molecular complexity index is 223. The third-order valence-electron chi connectivity index (χ3n) is 1.17. The van der Waals surface area contributed by atoms with Crippen molar-refractivity contribution in [3.63, 3.8) is 0 Å². The fraction of sp³-hybridized carbons (Fsp3) is 0.667. The van der Waals surface area contributed by atoms with Crippen LogP contribution in [0.5, 0.6) is 0 Å². The van der Waals surface area contributed by atoms with E-state index in [2.05, 4.69) is 15.2 Å². The molecule has 0 aromatic carbocycles. The summed E-state index contributed by atoms with van der Waals surface area (Å²) in [5, 5.41) is 6.75. The molecule has 0 aliphatic rings. The molecule has 1 aromatic heterocycles. The highest BCUT2D eigenvalue weighted by Gasteiger charge is 2.17. The third kappa shape index (κ3) is 1.48. The SMILES string of the molecule is CC(C)(C)c1nc(Cl)n[nH]1. The van der Waals surface area contributed by atoms with Gasteiger partial charge in [-0.3, -0.25) is 5.10 Å². The Morgan fingerprint density at radius 2 is 2.00 bits per heavy atom. The number of aromatic nitrogens is 3. The van der Waals surface area contributed by atoms with Gasteiger partial charge in [-0.15, -0.1) is 5.10 Å². The molecular formula is C6H10ClN3. The van der Waals surface area contributed by atoms with Crippen LogP contribution in [-0.2, 0) is 5.41 Å². The largest absolute Gasteiger partial charge is 0.261 e. The van der Waals surface area contributed by atoms with Gasteiger partial charge in [-0.25, -0.2) is 4.98 Å². The fourth-order valence-electron chi connectivity index (χ4n) is 0.577. The number of rotatable bonds is 0. The number of hydrogen-bond donors (Lipinski definition) is 1. The Labute approximate surface area is 64.8 Å². The monoisotopic (exact) mass is 159 g/mol. The second kappa shape index (κ2) is 2.23. The second-order valence-electron chi connectivity index (χ2n) is 3.20. The third-order valence-corrected chi connectivity index (χ3v) is 1.34. The molecular weight excluding hydrogens is 150 g/mol. The Balaban J connectivity index is 2.96. The molecule has 0 unspecified atom stereocenters. The van der Waals surface area contributed by atoms with E-state index in [1.165, 1.54) is 0 Å².